The van der Waals surface area contributed by atoms with E-state index in [2.05, 4.69) is 15.9 Å². The summed E-state index contributed by atoms with van der Waals surface area (Å²) in [7, 11) is 0. The van der Waals surface area contributed by atoms with Crippen molar-refractivity contribution < 1.29 is 13.5 Å². The van der Waals surface area contributed by atoms with E-state index in [0.29, 0.717) is 11.9 Å². The Kier molecular flexibility index (Phi) is 3.90. The lowest BCUT2D eigenvalue weighted by atomic mass is 9.82. The molecule has 0 aromatic carbocycles. The van der Waals surface area contributed by atoms with E-state index in [-0.39, 0.29) is 11.8 Å². The van der Waals surface area contributed by atoms with Gasteiger partial charge >= 0.3 is 0 Å². The van der Waals surface area contributed by atoms with E-state index in [1.165, 1.54) is 0 Å². The van der Waals surface area contributed by atoms with Crippen molar-refractivity contribution in [1.82, 2.24) is 0 Å². The summed E-state index contributed by atoms with van der Waals surface area (Å²) in [4.78, 5) is 0. The molecule has 0 radical (unpaired) electrons. The second kappa shape index (κ2) is 4.51. The first-order valence-corrected chi connectivity index (χ1v) is 5.22. The predicted octanol–water partition coefficient (Wildman–Crippen LogP) is 2.83. The summed E-state index contributed by atoms with van der Waals surface area (Å²) < 4.78 is 29.6. The Bertz CT molecular complexity index is 135. The molecule has 1 unspecified atom stereocenters. The van der Waals surface area contributed by atoms with E-state index in [0.717, 1.165) is 19.4 Å². The normalized spacial score (nSPS) is 31.0. The van der Waals surface area contributed by atoms with Gasteiger partial charge in [0.25, 0.3) is 0 Å². The summed E-state index contributed by atoms with van der Waals surface area (Å²) in [5.74, 6) is 0. The average Bonchev–Trinajstić information content (AvgIpc) is 2.05. The monoisotopic (exact) mass is 242 g/mol. The van der Waals surface area contributed by atoms with Crippen LogP contribution in [0.1, 0.15) is 19.3 Å². The van der Waals surface area contributed by atoms with Gasteiger partial charge in [0.1, 0.15) is 0 Å². The van der Waals surface area contributed by atoms with Gasteiger partial charge < -0.3 is 4.74 Å². The lowest BCUT2D eigenvalue weighted by Gasteiger charge is -2.35. The zero-order chi connectivity index (χ0) is 9.03. The summed E-state index contributed by atoms with van der Waals surface area (Å²) in [6, 6.07) is 0. The molecule has 1 aliphatic heterocycles. The Morgan fingerprint density at radius 1 is 1.50 bits per heavy atom. The molecule has 1 saturated heterocycles. The number of alkyl halides is 3. The first kappa shape index (κ1) is 10.4. The van der Waals surface area contributed by atoms with Crippen LogP contribution in [0.15, 0.2) is 0 Å². The lowest BCUT2D eigenvalue weighted by Crippen LogP contribution is -2.35. The number of ether oxygens (including phenoxy) is 1. The average molecular weight is 243 g/mol. The van der Waals surface area contributed by atoms with Crippen LogP contribution < -0.4 is 0 Å². The zero-order valence-electron chi connectivity index (χ0n) is 6.86. The lowest BCUT2D eigenvalue weighted by molar-refractivity contribution is -0.0288. The Balaban J connectivity index is 2.48. The van der Waals surface area contributed by atoms with Crippen molar-refractivity contribution >= 4 is 15.9 Å². The number of halogens is 3. The number of hydrogen-bond donors (Lipinski definition) is 0. The van der Waals surface area contributed by atoms with Crippen molar-refractivity contribution in [1.29, 1.82) is 0 Å². The Morgan fingerprint density at radius 2 is 2.25 bits per heavy atom. The van der Waals surface area contributed by atoms with E-state index in [9.17, 15) is 8.78 Å². The summed E-state index contributed by atoms with van der Waals surface area (Å²) in [5.41, 5.74) is -0.313. The third-order valence-electron chi connectivity index (χ3n) is 2.27. The Hall–Kier alpha value is 0.300. The highest BCUT2D eigenvalue weighted by molar-refractivity contribution is 9.09. The molecule has 0 aliphatic carbocycles. The molecule has 1 fully saturated rings. The van der Waals surface area contributed by atoms with E-state index in [1.54, 1.807) is 0 Å². The van der Waals surface area contributed by atoms with Crippen LogP contribution in [0.3, 0.4) is 0 Å². The first-order valence-electron chi connectivity index (χ1n) is 4.10. The molecule has 12 heavy (non-hydrogen) atoms. The van der Waals surface area contributed by atoms with Crippen LogP contribution in [-0.2, 0) is 4.74 Å². The first-order chi connectivity index (χ1) is 5.68. The van der Waals surface area contributed by atoms with Crippen LogP contribution in [0.2, 0.25) is 0 Å². The van der Waals surface area contributed by atoms with Crippen LogP contribution in [-0.4, -0.2) is 25.0 Å². The molecule has 0 saturated carbocycles. The minimum absolute atomic E-state index is 0.0434. The van der Waals surface area contributed by atoms with Crippen LogP contribution >= 0.6 is 15.9 Å². The zero-order valence-corrected chi connectivity index (χ0v) is 8.45. The van der Waals surface area contributed by atoms with Crippen molar-refractivity contribution in [3.8, 4) is 0 Å². The molecule has 0 spiro atoms. The molecule has 1 aliphatic rings. The van der Waals surface area contributed by atoms with Crippen LogP contribution in [0.5, 0.6) is 0 Å². The van der Waals surface area contributed by atoms with Gasteiger partial charge in [0, 0.05) is 23.8 Å². The van der Waals surface area contributed by atoms with Gasteiger partial charge in [-0.2, -0.15) is 0 Å². The van der Waals surface area contributed by atoms with Gasteiger partial charge in [-0.05, 0) is 12.8 Å². The molecule has 1 heterocycles. The van der Waals surface area contributed by atoms with Gasteiger partial charge in [-0.1, -0.05) is 15.9 Å². The summed E-state index contributed by atoms with van der Waals surface area (Å²) in [6.07, 6.45) is -0.511. The van der Waals surface area contributed by atoms with Crippen molar-refractivity contribution in [3.05, 3.63) is 0 Å². The number of rotatable bonds is 3. The molecule has 1 nitrogen and oxygen atoms in total. The smallest absolute Gasteiger partial charge is 0.239 e. The van der Waals surface area contributed by atoms with Crippen molar-refractivity contribution in [3.63, 3.8) is 0 Å². The molecular weight excluding hydrogens is 230 g/mol. The van der Waals surface area contributed by atoms with Gasteiger partial charge in [0.05, 0.1) is 6.61 Å². The molecule has 1 atom stereocenters. The molecule has 4 heteroatoms. The van der Waals surface area contributed by atoms with Crippen LogP contribution in [0, 0.1) is 5.41 Å². The Labute approximate surface area is 79.6 Å². The van der Waals surface area contributed by atoms with E-state index < -0.39 is 6.43 Å². The van der Waals surface area contributed by atoms with Crippen LogP contribution in [0.4, 0.5) is 8.78 Å². The highest BCUT2D eigenvalue weighted by Gasteiger charge is 2.34. The van der Waals surface area contributed by atoms with Crippen molar-refractivity contribution in [2.24, 2.45) is 5.41 Å². The van der Waals surface area contributed by atoms with E-state index >= 15 is 0 Å². The maximum atomic E-state index is 12.2. The highest BCUT2D eigenvalue weighted by Crippen LogP contribution is 2.36. The van der Waals surface area contributed by atoms with Gasteiger partial charge in [0.15, 0.2) is 0 Å². The van der Waals surface area contributed by atoms with E-state index in [1.807, 2.05) is 0 Å². The molecule has 0 aromatic rings. The second-order valence-corrected chi connectivity index (χ2v) is 3.95. The Morgan fingerprint density at radius 3 is 2.67 bits per heavy atom. The second-order valence-electron chi connectivity index (χ2n) is 3.38. The third-order valence-corrected chi connectivity index (χ3v) is 3.46. The highest BCUT2D eigenvalue weighted by atomic mass is 79.9. The fraction of sp³-hybridized carbons (Fsp3) is 1.00. The topological polar surface area (TPSA) is 9.23 Å². The third kappa shape index (κ3) is 2.66. The minimum atomic E-state index is -2.22. The van der Waals surface area contributed by atoms with E-state index in [4.69, 9.17) is 4.74 Å². The maximum Gasteiger partial charge on any atom is 0.239 e. The van der Waals surface area contributed by atoms with Gasteiger partial charge in [-0.15, -0.1) is 0 Å². The van der Waals surface area contributed by atoms with Crippen LogP contribution in [0.25, 0.3) is 0 Å². The van der Waals surface area contributed by atoms with Gasteiger partial charge in [0.2, 0.25) is 6.43 Å². The van der Waals surface area contributed by atoms with Crippen molar-refractivity contribution in [2.45, 2.75) is 25.7 Å². The predicted molar refractivity (Wildman–Crippen MR) is 46.9 cm³/mol. The molecule has 0 N–H and O–H groups in total. The summed E-state index contributed by atoms with van der Waals surface area (Å²) in [6.45, 7) is 1.20. The van der Waals surface area contributed by atoms with Crippen molar-refractivity contribution in [2.75, 3.05) is 18.5 Å². The molecule has 1 rings (SSSR count). The summed E-state index contributed by atoms with van der Waals surface area (Å²) >= 11 is 3.28. The summed E-state index contributed by atoms with van der Waals surface area (Å²) in [5, 5.41) is 0.615. The van der Waals surface area contributed by atoms with Gasteiger partial charge in [-0.3, -0.25) is 0 Å². The number of hydrogen-bond acceptors (Lipinski definition) is 1. The fourth-order valence-electron chi connectivity index (χ4n) is 1.56. The minimum Gasteiger partial charge on any atom is -0.381 e. The molecule has 0 aromatic heterocycles. The molecular formula is C8H13BrF2O. The largest absolute Gasteiger partial charge is 0.381 e. The molecule has 72 valence electrons. The standard InChI is InChI=1S/C8H13BrF2O/c9-5-8(4-7(10)11)2-1-3-12-6-8/h7H,1-6H2. The molecule has 0 amide bonds. The fourth-order valence-corrected chi connectivity index (χ4v) is 2.23. The quantitative estimate of drug-likeness (QED) is 0.692. The SMILES string of the molecule is FC(F)CC1(CBr)CCCOC1. The molecule has 0 bridgehead atoms. The maximum absolute atomic E-state index is 12.2. The van der Waals surface area contributed by atoms with Gasteiger partial charge in [-0.25, -0.2) is 8.78 Å².